The highest BCUT2D eigenvalue weighted by molar-refractivity contribution is 6.39. The number of amides is 2. The lowest BCUT2D eigenvalue weighted by atomic mass is 10.1. The number of halogens is 2. The number of aliphatic hydroxyl groups is 1. The van der Waals surface area contributed by atoms with Crippen molar-refractivity contribution in [2.45, 2.75) is 12.8 Å². The Morgan fingerprint density at radius 1 is 1.25 bits per heavy atom. The number of carbonyl (C=O) groups is 2. The maximum Gasteiger partial charge on any atom is 0.313 e. The molecule has 108 valence electrons. The summed E-state index contributed by atoms with van der Waals surface area (Å²) in [6.07, 6.45) is 1.58. The summed E-state index contributed by atoms with van der Waals surface area (Å²) in [4.78, 5) is 23.0. The first kappa shape index (κ1) is 14.4. The minimum absolute atomic E-state index is 0.0541. The fourth-order valence-corrected chi connectivity index (χ4v) is 1.69. The molecule has 1 aromatic carbocycles. The summed E-state index contributed by atoms with van der Waals surface area (Å²) in [5.74, 6) is -3.69. The molecule has 5 nitrogen and oxygen atoms in total. The average Bonchev–Trinajstić information content (AvgIpc) is 3.20. The fraction of sp³-hybridized carbons (Fsp3) is 0.385. The number of anilines is 1. The van der Waals surface area contributed by atoms with Gasteiger partial charge in [-0.3, -0.25) is 9.59 Å². The molecule has 0 spiro atoms. The molecule has 3 N–H and O–H groups in total. The normalized spacial score (nSPS) is 15.6. The van der Waals surface area contributed by atoms with Gasteiger partial charge in [-0.2, -0.15) is 0 Å². The van der Waals surface area contributed by atoms with Crippen LogP contribution in [0, 0.1) is 17.0 Å². The van der Waals surface area contributed by atoms with E-state index in [1.165, 1.54) is 0 Å². The molecule has 1 aromatic rings. The first-order chi connectivity index (χ1) is 9.46. The van der Waals surface area contributed by atoms with Gasteiger partial charge in [0.15, 0.2) is 0 Å². The molecule has 20 heavy (non-hydrogen) atoms. The van der Waals surface area contributed by atoms with Crippen molar-refractivity contribution in [3.63, 3.8) is 0 Å². The predicted octanol–water partition coefficient (Wildman–Crippen LogP) is 0.792. The van der Waals surface area contributed by atoms with Crippen molar-refractivity contribution in [2.75, 3.05) is 18.5 Å². The second kappa shape index (κ2) is 5.54. The lowest BCUT2D eigenvalue weighted by Gasteiger charge is -2.12. The van der Waals surface area contributed by atoms with Gasteiger partial charge >= 0.3 is 11.8 Å². The fourth-order valence-electron chi connectivity index (χ4n) is 1.69. The van der Waals surface area contributed by atoms with Crippen LogP contribution in [0.3, 0.4) is 0 Å². The number of carbonyl (C=O) groups excluding carboxylic acids is 2. The van der Waals surface area contributed by atoms with Crippen LogP contribution in [-0.4, -0.2) is 30.1 Å². The van der Waals surface area contributed by atoms with E-state index in [0.29, 0.717) is 6.07 Å². The summed E-state index contributed by atoms with van der Waals surface area (Å²) in [6, 6.07) is 2.62. The minimum atomic E-state index is -1.04. The lowest BCUT2D eigenvalue weighted by Crippen LogP contribution is -2.39. The second-order valence-electron chi connectivity index (χ2n) is 4.92. The summed E-state index contributed by atoms with van der Waals surface area (Å²) >= 11 is 0. The molecule has 0 aliphatic heterocycles. The van der Waals surface area contributed by atoms with E-state index in [9.17, 15) is 18.4 Å². The molecule has 1 aliphatic carbocycles. The van der Waals surface area contributed by atoms with E-state index < -0.39 is 23.4 Å². The van der Waals surface area contributed by atoms with Crippen LogP contribution >= 0.6 is 0 Å². The molecule has 2 rings (SSSR count). The van der Waals surface area contributed by atoms with Gasteiger partial charge < -0.3 is 15.7 Å². The minimum Gasteiger partial charge on any atom is -0.396 e. The number of benzene rings is 1. The molecule has 2 amide bonds. The third-order valence-electron chi connectivity index (χ3n) is 3.30. The van der Waals surface area contributed by atoms with Crippen LogP contribution in [0.2, 0.25) is 0 Å². The SMILES string of the molecule is O=C(NCC1(CO)CC1)C(=O)Nc1ccc(F)cc1F. The Balaban J connectivity index is 1.89. The molecule has 7 heteroatoms. The van der Waals surface area contributed by atoms with E-state index in [0.717, 1.165) is 25.0 Å². The van der Waals surface area contributed by atoms with Gasteiger partial charge in [-0.05, 0) is 25.0 Å². The highest BCUT2D eigenvalue weighted by Crippen LogP contribution is 2.44. The van der Waals surface area contributed by atoms with E-state index in [2.05, 4.69) is 10.6 Å². The van der Waals surface area contributed by atoms with Gasteiger partial charge in [0.05, 0.1) is 12.3 Å². The van der Waals surface area contributed by atoms with Crippen molar-refractivity contribution in [2.24, 2.45) is 5.41 Å². The Morgan fingerprint density at radius 2 is 1.95 bits per heavy atom. The van der Waals surface area contributed by atoms with Crippen molar-refractivity contribution in [3.8, 4) is 0 Å². The number of hydrogen-bond donors (Lipinski definition) is 3. The Bertz CT molecular complexity index is 544. The van der Waals surface area contributed by atoms with Crippen LogP contribution in [-0.2, 0) is 9.59 Å². The standard InChI is InChI=1S/C13H14F2N2O3/c14-8-1-2-10(9(15)5-8)17-12(20)11(19)16-6-13(7-18)3-4-13/h1-2,5,18H,3-4,6-7H2,(H,16,19)(H,17,20). The van der Waals surface area contributed by atoms with Crippen LogP contribution in [0.25, 0.3) is 0 Å². The van der Waals surface area contributed by atoms with Crippen LogP contribution in [0.15, 0.2) is 18.2 Å². The number of nitrogens with one attached hydrogen (secondary N) is 2. The summed E-state index contributed by atoms with van der Waals surface area (Å²) in [5, 5.41) is 13.5. The van der Waals surface area contributed by atoms with Gasteiger partial charge in [-0.25, -0.2) is 8.78 Å². The number of hydrogen-bond acceptors (Lipinski definition) is 3. The zero-order chi connectivity index (χ0) is 14.8. The van der Waals surface area contributed by atoms with E-state index in [-0.39, 0.29) is 24.3 Å². The van der Waals surface area contributed by atoms with Crippen molar-refractivity contribution < 1.29 is 23.5 Å². The quantitative estimate of drug-likeness (QED) is 0.715. The Kier molecular flexibility index (Phi) is 3.99. The van der Waals surface area contributed by atoms with Gasteiger partial charge in [0.2, 0.25) is 0 Å². The van der Waals surface area contributed by atoms with Crippen molar-refractivity contribution in [1.29, 1.82) is 0 Å². The maximum atomic E-state index is 13.3. The third-order valence-corrected chi connectivity index (χ3v) is 3.30. The zero-order valence-corrected chi connectivity index (χ0v) is 10.6. The molecule has 0 atom stereocenters. The highest BCUT2D eigenvalue weighted by atomic mass is 19.1. The van der Waals surface area contributed by atoms with E-state index in [4.69, 9.17) is 5.11 Å². The molecule has 0 aromatic heterocycles. The van der Waals surface area contributed by atoms with Crippen LogP contribution in [0.4, 0.5) is 14.5 Å². The molecule has 0 radical (unpaired) electrons. The Morgan fingerprint density at radius 3 is 2.50 bits per heavy atom. The van der Waals surface area contributed by atoms with Gasteiger partial charge in [0.1, 0.15) is 11.6 Å². The monoisotopic (exact) mass is 284 g/mol. The third kappa shape index (κ3) is 3.30. The first-order valence-electron chi connectivity index (χ1n) is 6.11. The number of rotatable bonds is 4. The molecule has 0 bridgehead atoms. The molecule has 1 saturated carbocycles. The average molecular weight is 284 g/mol. The van der Waals surface area contributed by atoms with Crippen LogP contribution in [0.1, 0.15) is 12.8 Å². The molecule has 1 aliphatic rings. The largest absolute Gasteiger partial charge is 0.396 e. The molecular weight excluding hydrogens is 270 g/mol. The summed E-state index contributed by atoms with van der Waals surface area (Å²) in [5.41, 5.74) is -0.591. The molecule has 0 unspecified atom stereocenters. The molecule has 1 fully saturated rings. The molecule has 0 saturated heterocycles. The first-order valence-corrected chi connectivity index (χ1v) is 6.11. The lowest BCUT2D eigenvalue weighted by molar-refractivity contribution is -0.136. The van der Waals surface area contributed by atoms with Gasteiger partial charge in [-0.1, -0.05) is 0 Å². The smallest absolute Gasteiger partial charge is 0.313 e. The summed E-state index contributed by atoms with van der Waals surface area (Å²) in [6.45, 7) is 0.142. The van der Waals surface area contributed by atoms with Crippen molar-refractivity contribution >= 4 is 17.5 Å². The summed E-state index contributed by atoms with van der Waals surface area (Å²) in [7, 11) is 0. The van der Waals surface area contributed by atoms with E-state index >= 15 is 0 Å². The Hall–Kier alpha value is -2.02. The maximum absolute atomic E-state index is 13.3. The topological polar surface area (TPSA) is 78.4 Å². The zero-order valence-electron chi connectivity index (χ0n) is 10.6. The summed E-state index contributed by atoms with van der Waals surface area (Å²) < 4.78 is 26.0. The van der Waals surface area contributed by atoms with Gasteiger partial charge in [0, 0.05) is 18.0 Å². The van der Waals surface area contributed by atoms with E-state index in [1.54, 1.807) is 0 Å². The molecule has 0 heterocycles. The molecular formula is C13H14F2N2O3. The van der Waals surface area contributed by atoms with Crippen molar-refractivity contribution in [3.05, 3.63) is 29.8 Å². The van der Waals surface area contributed by atoms with Crippen molar-refractivity contribution in [1.82, 2.24) is 5.32 Å². The van der Waals surface area contributed by atoms with Gasteiger partial charge in [-0.15, -0.1) is 0 Å². The second-order valence-corrected chi connectivity index (χ2v) is 4.92. The Labute approximate surface area is 114 Å². The van der Waals surface area contributed by atoms with E-state index in [1.807, 2.05) is 0 Å². The highest BCUT2D eigenvalue weighted by Gasteiger charge is 2.42. The predicted molar refractivity (Wildman–Crippen MR) is 66.8 cm³/mol. The van der Waals surface area contributed by atoms with Crippen LogP contribution in [0.5, 0.6) is 0 Å². The number of aliphatic hydroxyl groups excluding tert-OH is 1. The van der Waals surface area contributed by atoms with Gasteiger partial charge in [0.25, 0.3) is 0 Å². The van der Waals surface area contributed by atoms with Crippen LogP contribution < -0.4 is 10.6 Å².